The van der Waals surface area contributed by atoms with Crippen LogP contribution in [0, 0.1) is 11.6 Å². The molecule has 1 aliphatic rings. The van der Waals surface area contributed by atoms with Gasteiger partial charge < -0.3 is 9.64 Å². The first-order valence-corrected chi connectivity index (χ1v) is 14.7. The number of halogens is 3. The number of hydrogen-bond acceptors (Lipinski definition) is 6. The van der Waals surface area contributed by atoms with Crippen molar-refractivity contribution in [1.82, 2.24) is 14.7 Å². The molecule has 1 aliphatic heterocycles. The lowest BCUT2D eigenvalue weighted by atomic mass is 10.0. The van der Waals surface area contributed by atoms with Crippen LogP contribution in [0.5, 0.6) is 11.5 Å². The third-order valence-corrected chi connectivity index (χ3v) is 9.02. The van der Waals surface area contributed by atoms with Gasteiger partial charge in [0.15, 0.2) is 17.4 Å². The number of nitrogens with one attached hydrogen (secondary N) is 1. The van der Waals surface area contributed by atoms with Crippen LogP contribution in [0.4, 0.5) is 8.78 Å². The highest BCUT2D eigenvalue weighted by atomic mass is 35.5. The van der Waals surface area contributed by atoms with Gasteiger partial charge in [-0.2, -0.15) is 4.31 Å². The molecule has 2 N–H and O–H groups in total. The predicted octanol–water partition coefficient (Wildman–Crippen LogP) is 5.10. The number of hydrogen-bond donors (Lipinski definition) is 2. The average Bonchev–Trinajstić information content (AvgIpc) is 3.03. The topological polar surface area (TPSA) is 116 Å². The SMILES string of the molecule is O=C(NO)[C@@H]1CN(C(=O)c2ccc(-c3ccccc3)cc2)CCN1S(=O)(=O)c1cc(F)c(Oc2ccc(Cl)cc2)c(F)c1. The zero-order valence-electron chi connectivity index (χ0n) is 22.3. The van der Waals surface area contributed by atoms with Crippen LogP contribution in [0.1, 0.15) is 10.4 Å². The smallest absolute Gasteiger partial charge is 0.263 e. The molecular formula is C30H24ClF2N3O6S. The summed E-state index contributed by atoms with van der Waals surface area (Å²) in [5.41, 5.74) is 3.56. The Bertz CT molecular complexity index is 1730. The maximum absolute atomic E-state index is 14.9. The van der Waals surface area contributed by atoms with Crippen molar-refractivity contribution in [3.05, 3.63) is 113 Å². The third kappa shape index (κ3) is 6.37. The molecule has 43 heavy (non-hydrogen) atoms. The van der Waals surface area contributed by atoms with Gasteiger partial charge in [-0.25, -0.2) is 22.7 Å². The minimum Gasteiger partial charge on any atom is -0.451 e. The summed E-state index contributed by atoms with van der Waals surface area (Å²) in [6.07, 6.45) is 0. The van der Waals surface area contributed by atoms with Crippen molar-refractivity contribution in [3.63, 3.8) is 0 Å². The summed E-state index contributed by atoms with van der Waals surface area (Å²) in [7, 11) is -4.69. The molecule has 222 valence electrons. The van der Waals surface area contributed by atoms with Crippen LogP contribution in [0.3, 0.4) is 0 Å². The first-order valence-electron chi connectivity index (χ1n) is 12.9. The fourth-order valence-corrected chi connectivity index (χ4v) is 6.40. The maximum atomic E-state index is 14.9. The monoisotopic (exact) mass is 627 g/mol. The minimum atomic E-state index is -4.69. The summed E-state index contributed by atoms with van der Waals surface area (Å²) in [4.78, 5) is 26.4. The first kappa shape index (κ1) is 30.1. The van der Waals surface area contributed by atoms with Gasteiger partial charge in [0.1, 0.15) is 11.8 Å². The van der Waals surface area contributed by atoms with Crippen molar-refractivity contribution in [3.8, 4) is 22.6 Å². The van der Waals surface area contributed by atoms with Crippen molar-refractivity contribution < 1.29 is 36.7 Å². The summed E-state index contributed by atoms with van der Waals surface area (Å²) in [5.74, 6) is -4.96. The molecule has 1 saturated heterocycles. The van der Waals surface area contributed by atoms with Gasteiger partial charge in [0.2, 0.25) is 10.0 Å². The Kier molecular flexibility index (Phi) is 8.74. The van der Waals surface area contributed by atoms with Crippen LogP contribution in [-0.4, -0.2) is 60.3 Å². The maximum Gasteiger partial charge on any atom is 0.263 e. The van der Waals surface area contributed by atoms with Crippen LogP contribution < -0.4 is 10.2 Å². The number of piperazine rings is 1. The fourth-order valence-electron chi connectivity index (χ4n) is 4.68. The van der Waals surface area contributed by atoms with Gasteiger partial charge in [0.25, 0.3) is 11.8 Å². The lowest BCUT2D eigenvalue weighted by Crippen LogP contribution is -2.61. The van der Waals surface area contributed by atoms with Gasteiger partial charge in [-0.15, -0.1) is 0 Å². The number of carbonyl (C=O) groups is 2. The number of benzene rings is 4. The second-order valence-corrected chi connectivity index (χ2v) is 11.9. The Morgan fingerprint density at radius 3 is 2.09 bits per heavy atom. The van der Waals surface area contributed by atoms with Gasteiger partial charge >= 0.3 is 0 Å². The van der Waals surface area contributed by atoms with E-state index in [1.54, 1.807) is 24.3 Å². The molecule has 0 aromatic heterocycles. The van der Waals surface area contributed by atoms with Gasteiger partial charge in [0, 0.05) is 30.2 Å². The molecule has 5 rings (SSSR count). The molecule has 0 radical (unpaired) electrons. The van der Waals surface area contributed by atoms with Crippen LogP contribution in [-0.2, 0) is 14.8 Å². The van der Waals surface area contributed by atoms with E-state index < -0.39 is 56.7 Å². The highest BCUT2D eigenvalue weighted by Crippen LogP contribution is 2.32. The molecule has 4 aromatic carbocycles. The van der Waals surface area contributed by atoms with E-state index in [1.807, 2.05) is 30.3 Å². The van der Waals surface area contributed by atoms with E-state index in [4.69, 9.17) is 16.3 Å². The number of rotatable bonds is 7. The molecule has 0 bridgehead atoms. The van der Waals surface area contributed by atoms with E-state index in [0.29, 0.717) is 27.0 Å². The number of sulfonamides is 1. The molecule has 9 nitrogen and oxygen atoms in total. The van der Waals surface area contributed by atoms with E-state index >= 15 is 0 Å². The van der Waals surface area contributed by atoms with Crippen molar-refractivity contribution in [2.75, 3.05) is 19.6 Å². The molecule has 1 fully saturated rings. The number of carbonyl (C=O) groups excluding carboxylic acids is 2. The summed E-state index contributed by atoms with van der Waals surface area (Å²) >= 11 is 5.81. The minimum absolute atomic E-state index is 0.0629. The number of ether oxygens (including phenoxy) is 1. The zero-order valence-corrected chi connectivity index (χ0v) is 23.9. The third-order valence-electron chi connectivity index (χ3n) is 6.88. The standard InChI is InChI=1S/C30H24ClF2N3O6S/c31-22-10-12-23(13-11-22)42-28-25(32)16-24(17-26(28)33)43(40,41)36-15-14-35(18-27(36)29(37)34-39)30(38)21-8-6-20(7-9-21)19-4-2-1-3-5-19/h1-13,16-17,27,39H,14-15,18H2,(H,34,37)/t27-/m0/s1. The van der Waals surface area contributed by atoms with Crippen LogP contribution >= 0.6 is 11.6 Å². The summed E-state index contributed by atoms with van der Waals surface area (Å²) in [5, 5.41) is 9.71. The largest absolute Gasteiger partial charge is 0.451 e. The predicted molar refractivity (Wildman–Crippen MR) is 153 cm³/mol. The second-order valence-electron chi connectivity index (χ2n) is 9.57. The van der Waals surface area contributed by atoms with Crippen molar-refractivity contribution in [2.45, 2.75) is 10.9 Å². The van der Waals surface area contributed by atoms with E-state index in [2.05, 4.69) is 0 Å². The molecule has 2 amide bonds. The Balaban J connectivity index is 1.36. The quantitative estimate of drug-likeness (QED) is 0.218. The van der Waals surface area contributed by atoms with E-state index in [-0.39, 0.29) is 18.8 Å². The van der Waals surface area contributed by atoms with Gasteiger partial charge in [-0.1, -0.05) is 54.1 Å². The molecule has 0 unspecified atom stereocenters. The number of hydroxylamine groups is 1. The van der Waals surface area contributed by atoms with Crippen molar-refractivity contribution >= 4 is 33.4 Å². The number of amides is 2. The van der Waals surface area contributed by atoms with E-state index in [1.165, 1.54) is 34.6 Å². The van der Waals surface area contributed by atoms with Crippen LogP contribution in [0.2, 0.25) is 5.02 Å². The summed E-state index contributed by atoms with van der Waals surface area (Å²) < 4.78 is 62.9. The highest BCUT2D eigenvalue weighted by Gasteiger charge is 2.42. The fraction of sp³-hybridized carbons (Fsp3) is 0.133. The molecule has 13 heteroatoms. The van der Waals surface area contributed by atoms with E-state index in [0.717, 1.165) is 11.1 Å². The van der Waals surface area contributed by atoms with Crippen LogP contribution in [0.25, 0.3) is 11.1 Å². The van der Waals surface area contributed by atoms with Gasteiger partial charge in [-0.3, -0.25) is 14.8 Å². The average molecular weight is 628 g/mol. The molecule has 4 aromatic rings. The highest BCUT2D eigenvalue weighted by molar-refractivity contribution is 7.89. The molecule has 0 saturated carbocycles. The molecule has 0 spiro atoms. The molecule has 1 heterocycles. The molecule has 1 atom stereocenters. The van der Waals surface area contributed by atoms with Gasteiger partial charge in [0.05, 0.1) is 4.90 Å². The molecular weight excluding hydrogens is 604 g/mol. The van der Waals surface area contributed by atoms with Gasteiger partial charge in [-0.05, 0) is 59.7 Å². The number of nitrogens with zero attached hydrogens (tertiary/aromatic N) is 2. The normalized spacial score (nSPS) is 15.6. The lowest BCUT2D eigenvalue weighted by molar-refractivity contribution is -0.134. The summed E-state index contributed by atoms with van der Waals surface area (Å²) in [6.45, 7) is -0.940. The second kappa shape index (κ2) is 12.5. The van der Waals surface area contributed by atoms with Crippen molar-refractivity contribution in [2.24, 2.45) is 0 Å². The molecule has 0 aliphatic carbocycles. The Labute approximate surface area is 250 Å². The first-order chi connectivity index (χ1) is 20.6. The van der Waals surface area contributed by atoms with Crippen LogP contribution in [0.15, 0.2) is 95.9 Å². The Morgan fingerprint density at radius 2 is 1.49 bits per heavy atom. The zero-order chi connectivity index (χ0) is 30.7. The summed E-state index contributed by atoms with van der Waals surface area (Å²) in [6, 6.07) is 21.5. The Morgan fingerprint density at radius 1 is 0.884 bits per heavy atom. The van der Waals surface area contributed by atoms with Crippen molar-refractivity contribution in [1.29, 1.82) is 0 Å². The Hall–Kier alpha value is -4.36. The van der Waals surface area contributed by atoms with E-state index in [9.17, 15) is 32.0 Å². The lowest BCUT2D eigenvalue weighted by Gasteiger charge is -2.39.